The van der Waals surface area contributed by atoms with Crippen LogP contribution in [0.4, 0.5) is 0 Å². The summed E-state index contributed by atoms with van der Waals surface area (Å²) in [5, 5.41) is 9.48. The molecule has 4 nitrogen and oxygen atoms in total. The van der Waals surface area contributed by atoms with Crippen molar-refractivity contribution in [2.75, 3.05) is 7.11 Å². The first kappa shape index (κ1) is 13.6. The van der Waals surface area contributed by atoms with Gasteiger partial charge in [0.15, 0.2) is 5.78 Å². The molecule has 0 aliphatic heterocycles. The minimum absolute atomic E-state index is 0.0163. The van der Waals surface area contributed by atoms with Gasteiger partial charge in [0.05, 0.1) is 19.1 Å². The molecule has 17 heavy (non-hydrogen) atoms. The summed E-state index contributed by atoms with van der Waals surface area (Å²) in [7, 11) is 1.34. The Hall–Kier alpha value is -1.42. The van der Waals surface area contributed by atoms with E-state index in [1.54, 1.807) is 12.2 Å². The highest BCUT2D eigenvalue weighted by Gasteiger charge is 2.27. The van der Waals surface area contributed by atoms with E-state index in [9.17, 15) is 14.7 Å². The van der Waals surface area contributed by atoms with Crippen molar-refractivity contribution < 1.29 is 19.4 Å². The number of rotatable bonds is 6. The van der Waals surface area contributed by atoms with E-state index in [4.69, 9.17) is 0 Å². The zero-order valence-electron chi connectivity index (χ0n) is 9.96. The average Bonchev–Trinajstić information content (AvgIpc) is 2.64. The van der Waals surface area contributed by atoms with Crippen LogP contribution in [0.2, 0.25) is 0 Å². The third-order valence-electron chi connectivity index (χ3n) is 2.83. The molecule has 0 saturated heterocycles. The Morgan fingerprint density at radius 3 is 2.88 bits per heavy atom. The number of aliphatic hydroxyl groups excluding tert-OH is 1. The minimum atomic E-state index is -0.617. The molecule has 0 aromatic carbocycles. The average molecular weight is 238 g/mol. The summed E-state index contributed by atoms with van der Waals surface area (Å²) in [5.74, 6) is -0.599. The number of allylic oxidation sites excluding steroid dienone is 2. The molecule has 4 heteroatoms. The fraction of sp³-hybridized carbons (Fsp3) is 0.538. The second-order valence-corrected chi connectivity index (χ2v) is 4.07. The maximum atomic E-state index is 11.3. The van der Waals surface area contributed by atoms with Crippen molar-refractivity contribution >= 4 is 11.8 Å². The summed E-state index contributed by atoms with van der Waals surface area (Å²) in [6.07, 6.45) is 8.77. The first-order valence-corrected chi connectivity index (χ1v) is 5.79. The molecule has 0 fully saturated rings. The van der Waals surface area contributed by atoms with Gasteiger partial charge in [-0.15, -0.1) is 0 Å². The number of hydrogen-bond donors (Lipinski definition) is 1. The van der Waals surface area contributed by atoms with Crippen LogP contribution in [0.1, 0.15) is 25.7 Å². The van der Waals surface area contributed by atoms with Crippen LogP contribution in [0.5, 0.6) is 0 Å². The van der Waals surface area contributed by atoms with E-state index in [0.717, 1.165) is 19.3 Å². The molecule has 1 N–H and O–H groups in total. The molecule has 0 spiro atoms. The number of ether oxygens (including phenoxy) is 1. The van der Waals surface area contributed by atoms with E-state index in [-0.39, 0.29) is 17.7 Å². The number of carbonyl (C=O) groups is 2. The van der Waals surface area contributed by atoms with E-state index in [2.05, 4.69) is 4.74 Å². The standard InChI is InChI=1S/C13H18O4/c1-17-13(16)7-5-3-2-4-6-10-11(14)8-9-12(10)15/h5,7-11,14H,2-4,6H2,1H3/t10-,11+/m1/s1. The summed E-state index contributed by atoms with van der Waals surface area (Å²) in [5.41, 5.74) is 0. The highest BCUT2D eigenvalue weighted by Crippen LogP contribution is 2.21. The van der Waals surface area contributed by atoms with Crippen LogP contribution in [-0.2, 0) is 14.3 Å². The van der Waals surface area contributed by atoms with Crippen molar-refractivity contribution in [3.63, 3.8) is 0 Å². The molecule has 0 unspecified atom stereocenters. The Kier molecular flexibility index (Phi) is 5.63. The number of aliphatic hydroxyl groups is 1. The fourth-order valence-electron chi connectivity index (χ4n) is 1.81. The van der Waals surface area contributed by atoms with Gasteiger partial charge < -0.3 is 9.84 Å². The van der Waals surface area contributed by atoms with Gasteiger partial charge >= 0.3 is 5.97 Å². The molecule has 1 aliphatic rings. The largest absolute Gasteiger partial charge is 0.466 e. The minimum Gasteiger partial charge on any atom is -0.466 e. The summed E-state index contributed by atoms with van der Waals surface area (Å²) >= 11 is 0. The van der Waals surface area contributed by atoms with Gasteiger partial charge in [0.25, 0.3) is 0 Å². The predicted molar refractivity (Wildman–Crippen MR) is 63.3 cm³/mol. The topological polar surface area (TPSA) is 63.6 Å². The van der Waals surface area contributed by atoms with Crippen LogP contribution in [-0.4, -0.2) is 30.1 Å². The van der Waals surface area contributed by atoms with Gasteiger partial charge in [-0.1, -0.05) is 18.6 Å². The molecule has 0 bridgehead atoms. The number of carbonyl (C=O) groups excluding carboxylic acids is 2. The van der Waals surface area contributed by atoms with Crippen molar-refractivity contribution in [1.29, 1.82) is 0 Å². The van der Waals surface area contributed by atoms with Gasteiger partial charge in [-0.2, -0.15) is 0 Å². The number of hydrogen-bond acceptors (Lipinski definition) is 4. The van der Waals surface area contributed by atoms with E-state index in [1.165, 1.54) is 19.3 Å². The van der Waals surface area contributed by atoms with Crippen LogP contribution in [0.15, 0.2) is 24.3 Å². The summed E-state index contributed by atoms with van der Waals surface area (Å²) < 4.78 is 4.45. The lowest BCUT2D eigenvalue weighted by Gasteiger charge is -2.11. The van der Waals surface area contributed by atoms with E-state index < -0.39 is 6.10 Å². The molecule has 94 valence electrons. The SMILES string of the molecule is COC(=O)C=CCCCC[C@H]1C(=O)C=C[C@@H]1O. The molecular formula is C13H18O4. The molecular weight excluding hydrogens is 220 g/mol. The van der Waals surface area contributed by atoms with Crippen LogP contribution in [0, 0.1) is 5.92 Å². The number of unbranched alkanes of at least 4 members (excludes halogenated alkanes) is 2. The Morgan fingerprint density at radius 2 is 2.29 bits per heavy atom. The Balaban J connectivity index is 2.11. The maximum Gasteiger partial charge on any atom is 0.330 e. The van der Waals surface area contributed by atoms with Crippen LogP contribution in [0.25, 0.3) is 0 Å². The fourth-order valence-corrected chi connectivity index (χ4v) is 1.81. The number of esters is 1. The molecule has 0 aromatic heterocycles. The zero-order valence-corrected chi connectivity index (χ0v) is 9.96. The summed E-state index contributed by atoms with van der Waals surface area (Å²) in [6.45, 7) is 0. The van der Waals surface area contributed by atoms with Gasteiger partial charge in [-0.3, -0.25) is 4.79 Å². The molecule has 0 heterocycles. The zero-order chi connectivity index (χ0) is 12.7. The molecule has 2 atom stereocenters. The maximum absolute atomic E-state index is 11.3. The Labute approximate surface area is 101 Å². The van der Waals surface area contributed by atoms with Gasteiger partial charge in [-0.25, -0.2) is 4.79 Å². The molecule has 0 amide bonds. The van der Waals surface area contributed by atoms with Crippen LogP contribution >= 0.6 is 0 Å². The van der Waals surface area contributed by atoms with Crippen molar-refractivity contribution in [3.8, 4) is 0 Å². The normalized spacial score (nSPS) is 23.5. The molecule has 0 aromatic rings. The van der Waals surface area contributed by atoms with E-state index in [0.29, 0.717) is 6.42 Å². The van der Waals surface area contributed by atoms with Crippen LogP contribution in [0.3, 0.4) is 0 Å². The van der Waals surface area contributed by atoms with Crippen LogP contribution < -0.4 is 0 Å². The third-order valence-corrected chi connectivity index (χ3v) is 2.83. The lowest BCUT2D eigenvalue weighted by Crippen LogP contribution is -2.19. The summed E-state index contributed by atoms with van der Waals surface area (Å²) in [4.78, 5) is 22.1. The van der Waals surface area contributed by atoms with Gasteiger partial charge in [0, 0.05) is 6.08 Å². The van der Waals surface area contributed by atoms with E-state index >= 15 is 0 Å². The Bertz CT molecular complexity index is 330. The van der Waals surface area contributed by atoms with Crippen molar-refractivity contribution in [1.82, 2.24) is 0 Å². The van der Waals surface area contributed by atoms with Crippen molar-refractivity contribution in [3.05, 3.63) is 24.3 Å². The third kappa shape index (κ3) is 4.53. The highest BCUT2D eigenvalue weighted by atomic mass is 16.5. The molecule has 1 aliphatic carbocycles. The molecule has 0 radical (unpaired) electrons. The van der Waals surface area contributed by atoms with Gasteiger partial charge in [-0.05, 0) is 25.3 Å². The van der Waals surface area contributed by atoms with Crippen molar-refractivity contribution in [2.45, 2.75) is 31.8 Å². The number of ketones is 1. The lowest BCUT2D eigenvalue weighted by atomic mass is 9.96. The number of methoxy groups -OCH3 is 1. The summed E-state index contributed by atoms with van der Waals surface area (Å²) in [6, 6.07) is 0. The lowest BCUT2D eigenvalue weighted by molar-refractivity contribution is -0.134. The monoisotopic (exact) mass is 238 g/mol. The quantitative estimate of drug-likeness (QED) is 0.431. The predicted octanol–water partition coefficient (Wildman–Crippen LogP) is 1.39. The smallest absolute Gasteiger partial charge is 0.330 e. The van der Waals surface area contributed by atoms with Gasteiger partial charge in [0.2, 0.25) is 0 Å². The Morgan fingerprint density at radius 1 is 1.53 bits per heavy atom. The first-order valence-electron chi connectivity index (χ1n) is 5.79. The second-order valence-electron chi connectivity index (χ2n) is 4.07. The first-order chi connectivity index (χ1) is 8.15. The molecule has 1 rings (SSSR count). The van der Waals surface area contributed by atoms with Crippen molar-refractivity contribution in [2.24, 2.45) is 5.92 Å². The second kappa shape index (κ2) is 7.01. The highest BCUT2D eigenvalue weighted by molar-refractivity contribution is 5.94. The van der Waals surface area contributed by atoms with E-state index in [1.807, 2.05) is 0 Å². The van der Waals surface area contributed by atoms with Gasteiger partial charge in [0.1, 0.15) is 0 Å². The molecule has 0 saturated carbocycles.